The number of benzene rings is 1. The Balaban J connectivity index is 2.09. The lowest BCUT2D eigenvalue weighted by atomic mass is 10.2. The van der Waals surface area contributed by atoms with E-state index in [-0.39, 0.29) is 11.1 Å². The predicted octanol–water partition coefficient (Wildman–Crippen LogP) is 0.355. The maximum atomic E-state index is 11.7. The molecular formula is C12H11N5O. The molecule has 0 spiro atoms. The summed E-state index contributed by atoms with van der Waals surface area (Å²) in [5.41, 5.74) is 1.61. The Morgan fingerprint density at radius 2 is 1.89 bits per heavy atom. The van der Waals surface area contributed by atoms with Gasteiger partial charge in [-0.05, 0) is 5.56 Å². The largest absolute Gasteiger partial charge is 0.335 e. The van der Waals surface area contributed by atoms with E-state index in [1.165, 1.54) is 6.33 Å². The summed E-state index contributed by atoms with van der Waals surface area (Å²) in [7, 11) is 0. The molecule has 6 nitrogen and oxygen atoms in total. The van der Waals surface area contributed by atoms with Gasteiger partial charge in [0.15, 0.2) is 11.2 Å². The van der Waals surface area contributed by atoms with Crippen molar-refractivity contribution < 1.29 is 0 Å². The Labute approximate surface area is 102 Å². The lowest BCUT2D eigenvalue weighted by molar-refractivity contribution is 0.807. The minimum atomic E-state index is -0.341. The molecule has 0 fully saturated rings. The molecule has 0 bridgehead atoms. The molecule has 0 atom stereocenters. The van der Waals surface area contributed by atoms with Gasteiger partial charge in [-0.3, -0.25) is 4.79 Å². The van der Waals surface area contributed by atoms with E-state index in [1.807, 2.05) is 34.9 Å². The first-order valence-electron chi connectivity index (χ1n) is 5.47. The number of rotatable bonds is 2. The third kappa shape index (κ3) is 1.64. The summed E-state index contributed by atoms with van der Waals surface area (Å²) in [5, 5.41) is 0. The van der Waals surface area contributed by atoms with Gasteiger partial charge < -0.3 is 10.4 Å². The van der Waals surface area contributed by atoms with Crippen LogP contribution in [-0.4, -0.2) is 19.2 Å². The van der Waals surface area contributed by atoms with Gasteiger partial charge >= 0.3 is 0 Å². The molecule has 0 aliphatic carbocycles. The molecular weight excluding hydrogens is 230 g/mol. The van der Waals surface area contributed by atoms with E-state index in [9.17, 15) is 4.79 Å². The number of imidazole rings is 1. The average Bonchev–Trinajstić information content (AvgIpc) is 2.79. The summed E-state index contributed by atoms with van der Waals surface area (Å²) >= 11 is 0. The monoisotopic (exact) mass is 241 g/mol. The zero-order chi connectivity index (χ0) is 12.5. The molecule has 2 N–H and O–H groups in total. The minimum Gasteiger partial charge on any atom is -0.335 e. The van der Waals surface area contributed by atoms with Crippen LogP contribution in [0.1, 0.15) is 5.56 Å². The second-order valence-electron chi connectivity index (χ2n) is 3.99. The van der Waals surface area contributed by atoms with Gasteiger partial charge in [0, 0.05) is 0 Å². The van der Waals surface area contributed by atoms with Crippen molar-refractivity contribution in [3.05, 3.63) is 58.9 Å². The molecule has 90 valence electrons. The summed E-state index contributed by atoms with van der Waals surface area (Å²) in [4.78, 5) is 19.9. The maximum absolute atomic E-state index is 11.7. The highest BCUT2D eigenvalue weighted by Crippen LogP contribution is 2.08. The Bertz CT molecular complexity index is 744. The van der Waals surface area contributed by atoms with Crippen molar-refractivity contribution in [2.45, 2.75) is 6.54 Å². The first-order valence-corrected chi connectivity index (χ1v) is 5.47. The van der Waals surface area contributed by atoms with Gasteiger partial charge in [0.25, 0.3) is 5.56 Å². The highest BCUT2D eigenvalue weighted by atomic mass is 16.1. The molecule has 1 aromatic carbocycles. The first-order chi connectivity index (χ1) is 8.75. The van der Waals surface area contributed by atoms with Crippen LogP contribution >= 0.6 is 0 Å². The summed E-state index contributed by atoms with van der Waals surface area (Å²) in [6.07, 6.45) is 2.90. The van der Waals surface area contributed by atoms with Crippen molar-refractivity contribution in [2.24, 2.45) is 0 Å². The van der Waals surface area contributed by atoms with Crippen LogP contribution in [0.25, 0.3) is 11.2 Å². The highest BCUT2D eigenvalue weighted by molar-refractivity contribution is 5.69. The third-order valence-electron chi connectivity index (χ3n) is 2.75. The van der Waals surface area contributed by atoms with Crippen molar-refractivity contribution in [3.8, 4) is 0 Å². The number of hydrogen-bond donors (Lipinski definition) is 1. The van der Waals surface area contributed by atoms with Crippen LogP contribution in [-0.2, 0) is 6.54 Å². The molecule has 2 heterocycles. The van der Waals surface area contributed by atoms with Gasteiger partial charge in [-0.15, -0.1) is 0 Å². The molecule has 3 rings (SSSR count). The topological polar surface area (TPSA) is 78.7 Å². The van der Waals surface area contributed by atoms with Gasteiger partial charge in [0.05, 0.1) is 12.9 Å². The molecule has 3 aromatic rings. The number of hydrogen-bond acceptors (Lipinski definition) is 4. The summed E-state index contributed by atoms with van der Waals surface area (Å²) < 4.78 is 2.76. The SMILES string of the molecule is Nn1cnc2c(ncn2Cc2ccccc2)c1=O. The van der Waals surface area contributed by atoms with Crippen molar-refractivity contribution in [3.63, 3.8) is 0 Å². The van der Waals surface area contributed by atoms with Gasteiger partial charge in [0.2, 0.25) is 0 Å². The Morgan fingerprint density at radius 3 is 2.67 bits per heavy atom. The zero-order valence-electron chi connectivity index (χ0n) is 9.52. The van der Waals surface area contributed by atoms with Crippen molar-refractivity contribution in [1.29, 1.82) is 0 Å². The molecule has 6 heteroatoms. The number of nitrogens with two attached hydrogens (primary N) is 1. The number of nitrogens with zero attached hydrogens (tertiary/aromatic N) is 4. The zero-order valence-corrected chi connectivity index (χ0v) is 9.52. The molecule has 0 amide bonds. The molecule has 0 radical (unpaired) electrons. The maximum Gasteiger partial charge on any atom is 0.299 e. The Morgan fingerprint density at radius 1 is 1.11 bits per heavy atom. The smallest absolute Gasteiger partial charge is 0.299 e. The highest BCUT2D eigenvalue weighted by Gasteiger charge is 2.09. The fraction of sp³-hybridized carbons (Fsp3) is 0.0833. The molecule has 0 aliphatic rings. The lowest BCUT2D eigenvalue weighted by Crippen LogP contribution is -2.27. The van der Waals surface area contributed by atoms with Crippen LogP contribution in [0.5, 0.6) is 0 Å². The van der Waals surface area contributed by atoms with Crippen molar-refractivity contribution in [1.82, 2.24) is 19.2 Å². The molecule has 0 saturated heterocycles. The standard InChI is InChI=1S/C12H11N5O/c13-17-8-15-11-10(12(17)18)14-7-16(11)6-9-4-2-1-3-5-9/h1-5,7-8H,6,13H2. The summed E-state index contributed by atoms with van der Waals surface area (Å²) in [5.74, 6) is 5.44. The first kappa shape index (κ1) is 10.5. The molecule has 0 aliphatic heterocycles. The fourth-order valence-corrected chi connectivity index (χ4v) is 1.85. The van der Waals surface area contributed by atoms with Crippen LogP contribution in [0, 0.1) is 0 Å². The van der Waals surface area contributed by atoms with E-state index in [0.717, 1.165) is 10.2 Å². The molecule has 0 saturated carbocycles. The van der Waals surface area contributed by atoms with Gasteiger partial charge in [-0.2, -0.15) is 0 Å². The molecule has 2 aromatic heterocycles. The van der Waals surface area contributed by atoms with E-state index in [1.54, 1.807) is 6.33 Å². The third-order valence-corrected chi connectivity index (χ3v) is 2.75. The number of fused-ring (bicyclic) bond motifs is 1. The fourth-order valence-electron chi connectivity index (χ4n) is 1.85. The molecule has 18 heavy (non-hydrogen) atoms. The lowest BCUT2D eigenvalue weighted by Gasteiger charge is -2.03. The second-order valence-corrected chi connectivity index (χ2v) is 3.99. The Kier molecular flexibility index (Phi) is 2.33. The van der Waals surface area contributed by atoms with E-state index in [0.29, 0.717) is 12.2 Å². The van der Waals surface area contributed by atoms with Crippen LogP contribution < -0.4 is 11.4 Å². The van der Waals surface area contributed by atoms with Crippen LogP contribution in [0.2, 0.25) is 0 Å². The average molecular weight is 241 g/mol. The van der Waals surface area contributed by atoms with E-state index >= 15 is 0 Å². The normalized spacial score (nSPS) is 10.9. The van der Waals surface area contributed by atoms with Crippen LogP contribution in [0.3, 0.4) is 0 Å². The number of nitrogen functional groups attached to an aromatic ring is 1. The molecule has 0 unspecified atom stereocenters. The predicted molar refractivity (Wildman–Crippen MR) is 67.5 cm³/mol. The quantitative estimate of drug-likeness (QED) is 0.657. The number of aromatic nitrogens is 4. The second kappa shape index (κ2) is 3.99. The summed E-state index contributed by atoms with van der Waals surface area (Å²) in [6, 6.07) is 9.91. The summed E-state index contributed by atoms with van der Waals surface area (Å²) in [6.45, 7) is 0.623. The van der Waals surface area contributed by atoms with Gasteiger partial charge in [0.1, 0.15) is 6.33 Å². The van der Waals surface area contributed by atoms with Crippen molar-refractivity contribution in [2.75, 3.05) is 5.84 Å². The van der Waals surface area contributed by atoms with E-state index in [2.05, 4.69) is 9.97 Å². The van der Waals surface area contributed by atoms with Gasteiger partial charge in [-0.25, -0.2) is 14.6 Å². The van der Waals surface area contributed by atoms with E-state index < -0.39 is 0 Å². The van der Waals surface area contributed by atoms with E-state index in [4.69, 9.17) is 5.84 Å². The van der Waals surface area contributed by atoms with Crippen LogP contribution in [0.4, 0.5) is 0 Å². The van der Waals surface area contributed by atoms with Gasteiger partial charge in [-0.1, -0.05) is 30.3 Å². The Hall–Kier alpha value is -2.63. The minimum absolute atomic E-state index is 0.288. The van der Waals surface area contributed by atoms with Crippen LogP contribution in [0.15, 0.2) is 47.8 Å². The van der Waals surface area contributed by atoms with Crippen molar-refractivity contribution >= 4 is 11.2 Å².